The molecule has 0 N–H and O–H groups in total. The lowest BCUT2D eigenvalue weighted by molar-refractivity contribution is 1.51. The van der Waals surface area contributed by atoms with Gasteiger partial charge in [-0.25, -0.2) is 0 Å². The highest BCUT2D eigenvalue weighted by atomic mass is 14.7. The Labute approximate surface area is 86.6 Å². The zero-order valence-corrected chi connectivity index (χ0v) is 8.90. The quantitative estimate of drug-likeness (QED) is 0.458. The molecule has 0 heterocycles. The van der Waals surface area contributed by atoms with Crippen LogP contribution in [-0.4, -0.2) is 5.71 Å². The van der Waals surface area contributed by atoms with Gasteiger partial charge in [0.2, 0.25) is 0 Å². The van der Waals surface area contributed by atoms with Crippen LogP contribution in [-0.2, 0) is 0 Å². The molecule has 0 aliphatic rings. The predicted molar refractivity (Wildman–Crippen MR) is 65.5 cm³/mol. The van der Waals surface area contributed by atoms with Crippen LogP contribution < -0.4 is 0 Å². The van der Waals surface area contributed by atoms with E-state index in [4.69, 9.17) is 0 Å². The first-order valence-electron chi connectivity index (χ1n) is 4.57. The molecule has 0 rings (SSSR count). The Morgan fingerprint density at radius 3 is 2.21 bits per heavy atom. The van der Waals surface area contributed by atoms with E-state index in [-0.39, 0.29) is 0 Å². The molecule has 0 aromatic carbocycles. The zero-order valence-electron chi connectivity index (χ0n) is 8.90. The van der Waals surface area contributed by atoms with Crippen LogP contribution in [0.1, 0.15) is 13.8 Å². The van der Waals surface area contributed by atoms with Crippen molar-refractivity contribution in [3.63, 3.8) is 0 Å². The fourth-order valence-corrected chi connectivity index (χ4v) is 0.858. The second-order valence-corrected chi connectivity index (χ2v) is 2.55. The lowest BCUT2D eigenvalue weighted by Crippen LogP contribution is -1.94. The summed E-state index contributed by atoms with van der Waals surface area (Å²) in [5.74, 6) is 0. The SMILES string of the molecule is C=CC(=C\C=C/C)/C(C=C)=N/C=C/C. The molecule has 1 heteroatoms. The van der Waals surface area contributed by atoms with Crippen molar-refractivity contribution in [2.75, 3.05) is 0 Å². The predicted octanol–water partition coefficient (Wildman–Crippen LogP) is 3.84. The van der Waals surface area contributed by atoms with Crippen molar-refractivity contribution < 1.29 is 0 Å². The van der Waals surface area contributed by atoms with Gasteiger partial charge in [0.15, 0.2) is 0 Å². The minimum atomic E-state index is 0.830. The zero-order chi connectivity index (χ0) is 10.8. The molecule has 0 saturated heterocycles. The summed E-state index contributed by atoms with van der Waals surface area (Å²) in [6.45, 7) is 11.3. The maximum absolute atomic E-state index is 4.23. The Balaban J connectivity index is 4.96. The molecular weight excluding hydrogens is 170 g/mol. The number of nitrogens with zero attached hydrogens (tertiary/aromatic N) is 1. The third-order valence-corrected chi connectivity index (χ3v) is 1.54. The van der Waals surface area contributed by atoms with Crippen LogP contribution in [0, 0.1) is 0 Å². The highest BCUT2D eigenvalue weighted by Gasteiger charge is 1.95. The highest BCUT2D eigenvalue weighted by molar-refractivity contribution is 6.10. The molecule has 0 aromatic rings. The maximum Gasteiger partial charge on any atom is 0.0695 e. The normalized spacial score (nSPS) is 13.9. The molecule has 0 bridgehead atoms. The van der Waals surface area contributed by atoms with Crippen molar-refractivity contribution in [3.05, 3.63) is 61.4 Å². The second kappa shape index (κ2) is 7.99. The van der Waals surface area contributed by atoms with Crippen LogP contribution in [0.5, 0.6) is 0 Å². The van der Waals surface area contributed by atoms with E-state index >= 15 is 0 Å². The van der Waals surface area contributed by atoms with Gasteiger partial charge in [-0.1, -0.05) is 43.5 Å². The van der Waals surface area contributed by atoms with Crippen LogP contribution in [0.25, 0.3) is 0 Å². The number of hydrogen-bond donors (Lipinski definition) is 0. The standard InChI is InChI=1S/C13H17N/c1-5-9-10-12(7-3)13(8-4)14-11-6-2/h5-11H,3-4H2,1-2H3/b9-5-,11-6+,12-10+,14-13+. The lowest BCUT2D eigenvalue weighted by Gasteiger charge is -1.98. The Morgan fingerprint density at radius 2 is 1.79 bits per heavy atom. The largest absolute Gasteiger partial charge is 0.257 e. The number of rotatable bonds is 5. The van der Waals surface area contributed by atoms with Gasteiger partial charge in [0.25, 0.3) is 0 Å². The van der Waals surface area contributed by atoms with Crippen LogP contribution in [0.15, 0.2) is 66.4 Å². The van der Waals surface area contributed by atoms with Crippen molar-refractivity contribution in [3.8, 4) is 0 Å². The van der Waals surface area contributed by atoms with Gasteiger partial charge in [0.1, 0.15) is 0 Å². The first-order chi connectivity index (χ1) is 6.79. The van der Waals surface area contributed by atoms with Crippen molar-refractivity contribution in [2.24, 2.45) is 4.99 Å². The van der Waals surface area contributed by atoms with Crippen molar-refractivity contribution in [1.29, 1.82) is 0 Å². The molecule has 0 aromatic heterocycles. The van der Waals surface area contributed by atoms with Gasteiger partial charge in [0.05, 0.1) is 5.71 Å². The van der Waals surface area contributed by atoms with Gasteiger partial charge in [-0.2, -0.15) is 0 Å². The maximum atomic E-state index is 4.23. The molecule has 74 valence electrons. The Kier molecular flexibility index (Phi) is 7.06. The summed E-state index contributed by atoms with van der Waals surface area (Å²) in [5, 5.41) is 0. The first-order valence-corrected chi connectivity index (χ1v) is 4.57. The van der Waals surface area contributed by atoms with Crippen LogP contribution in [0.3, 0.4) is 0 Å². The first kappa shape index (κ1) is 12.4. The van der Waals surface area contributed by atoms with Crippen LogP contribution >= 0.6 is 0 Å². The van der Waals surface area contributed by atoms with E-state index in [0.717, 1.165) is 11.3 Å². The molecule has 14 heavy (non-hydrogen) atoms. The molecular formula is C13H17N. The van der Waals surface area contributed by atoms with Crippen molar-refractivity contribution in [1.82, 2.24) is 0 Å². The fourth-order valence-electron chi connectivity index (χ4n) is 0.858. The van der Waals surface area contributed by atoms with Gasteiger partial charge < -0.3 is 0 Å². The summed E-state index contributed by atoms with van der Waals surface area (Å²) in [5.41, 5.74) is 1.80. The molecule has 0 fully saturated rings. The second-order valence-electron chi connectivity index (χ2n) is 2.55. The van der Waals surface area contributed by atoms with E-state index in [2.05, 4.69) is 18.2 Å². The fraction of sp³-hybridized carbons (Fsp3) is 0.154. The van der Waals surface area contributed by atoms with Gasteiger partial charge in [-0.15, -0.1) is 0 Å². The molecule has 0 aliphatic carbocycles. The average Bonchev–Trinajstić information content (AvgIpc) is 2.23. The van der Waals surface area contributed by atoms with Crippen LogP contribution in [0.4, 0.5) is 0 Å². The molecule has 0 amide bonds. The van der Waals surface area contributed by atoms with Crippen molar-refractivity contribution in [2.45, 2.75) is 13.8 Å². The van der Waals surface area contributed by atoms with Gasteiger partial charge >= 0.3 is 0 Å². The van der Waals surface area contributed by atoms with E-state index in [1.807, 2.05) is 38.2 Å². The summed E-state index contributed by atoms with van der Waals surface area (Å²) in [6.07, 6.45) is 13.0. The van der Waals surface area contributed by atoms with Gasteiger partial charge in [-0.3, -0.25) is 4.99 Å². The summed E-state index contributed by atoms with van der Waals surface area (Å²) < 4.78 is 0. The minimum absolute atomic E-state index is 0.830. The van der Waals surface area contributed by atoms with E-state index < -0.39 is 0 Å². The summed E-state index contributed by atoms with van der Waals surface area (Å²) >= 11 is 0. The molecule has 0 atom stereocenters. The van der Waals surface area contributed by atoms with E-state index in [0.29, 0.717) is 0 Å². The Bertz CT molecular complexity index is 269. The third kappa shape index (κ3) is 4.41. The number of hydrogen-bond acceptors (Lipinski definition) is 1. The highest BCUT2D eigenvalue weighted by Crippen LogP contribution is 2.02. The van der Waals surface area contributed by atoms with Gasteiger partial charge in [0, 0.05) is 6.20 Å². The average molecular weight is 187 g/mol. The third-order valence-electron chi connectivity index (χ3n) is 1.54. The van der Waals surface area contributed by atoms with Crippen molar-refractivity contribution >= 4 is 5.71 Å². The van der Waals surface area contributed by atoms with E-state index in [9.17, 15) is 0 Å². The Morgan fingerprint density at radius 1 is 1.07 bits per heavy atom. The molecule has 0 aliphatic heterocycles. The van der Waals surface area contributed by atoms with E-state index in [1.165, 1.54) is 0 Å². The number of allylic oxidation sites excluding steroid dienone is 7. The molecule has 1 nitrogen and oxygen atoms in total. The molecule has 0 unspecified atom stereocenters. The molecule has 0 radical (unpaired) electrons. The summed E-state index contributed by atoms with van der Waals surface area (Å²) in [6, 6.07) is 0. The summed E-state index contributed by atoms with van der Waals surface area (Å²) in [7, 11) is 0. The van der Waals surface area contributed by atoms with Gasteiger partial charge in [-0.05, 0) is 25.5 Å². The van der Waals surface area contributed by atoms with Crippen LogP contribution in [0.2, 0.25) is 0 Å². The van der Waals surface area contributed by atoms with E-state index in [1.54, 1.807) is 18.4 Å². The monoisotopic (exact) mass is 187 g/mol. The number of aliphatic imine (C=N–C) groups is 1. The topological polar surface area (TPSA) is 12.4 Å². The molecule has 0 saturated carbocycles. The molecule has 0 spiro atoms. The smallest absolute Gasteiger partial charge is 0.0695 e. The Hall–Kier alpha value is -1.63. The minimum Gasteiger partial charge on any atom is -0.257 e. The lowest BCUT2D eigenvalue weighted by atomic mass is 10.1. The summed E-state index contributed by atoms with van der Waals surface area (Å²) in [4.78, 5) is 4.23.